The molecular formula is C6H8N2O3. The molecule has 0 aromatic carbocycles. The zero-order valence-corrected chi connectivity index (χ0v) is 5.94. The number of carbonyl (C=O) groups is 1. The van der Waals surface area contributed by atoms with Crippen LogP contribution in [0.25, 0.3) is 0 Å². The zero-order valence-electron chi connectivity index (χ0n) is 5.94. The molecular weight excluding hydrogens is 148 g/mol. The molecule has 1 fully saturated rings. The van der Waals surface area contributed by atoms with E-state index in [1.807, 2.05) is 0 Å². The molecule has 60 valence electrons. The molecule has 0 radical (unpaired) electrons. The van der Waals surface area contributed by atoms with Crippen molar-refractivity contribution < 1.29 is 14.7 Å². The van der Waals surface area contributed by atoms with Gasteiger partial charge < -0.3 is 15.3 Å². The normalized spacial score (nSPS) is 41.1. The van der Waals surface area contributed by atoms with Crippen LogP contribution in [0.4, 0.5) is 0 Å². The van der Waals surface area contributed by atoms with E-state index in [0.29, 0.717) is 5.71 Å². The minimum absolute atomic E-state index is 0.207. The lowest BCUT2D eigenvalue weighted by Gasteiger charge is -2.07. The number of amides is 1. The number of fused-ring (bicyclic) bond motifs is 1. The van der Waals surface area contributed by atoms with Gasteiger partial charge >= 0.3 is 0 Å². The summed E-state index contributed by atoms with van der Waals surface area (Å²) in [6.07, 6.45) is -1.42. The first-order chi connectivity index (χ1) is 5.20. The van der Waals surface area contributed by atoms with Gasteiger partial charge in [0.05, 0.1) is 5.71 Å². The Morgan fingerprint density at radius 3 is 3.09 bits per heavy atom. The molecule has 11 heavy (non-hydrogen) atoms. The van der Waals surface area contributed by atoms with E-state index < -0.39 is 12.3 Å². The van der Waals surface area contributed by atoms with Crippen molar-refractivity contribution in [3.8, 4) is 0 Å². The van der Waals surface area contributed by atoms with Crippen LogP contribution in [0.5, 0.6) is 0 Å². The van der Waals surface area contributed by atoms with Gasteiger partial charge in [0, 0.05) is 0 Å². The van der Waals surface area contributed by atoms with Crippen molar-refractivity contribution in [3.05, 3.63) is 0 Å². The number of carbonyl (C=O) groups excluding carboxylic acids is 1. The lowest BCUT2D eigenvalue weighted by atomic mass is 10.0. The predicted octanol–water partition coefficient (Wildman–Crippen LogP) is -1.17. The minimum atomic E-state index is -0.909. The highest BCUT2D eigenvalue weighted by molar-refractivity contribution is 6.05. The summed E-state index contributed by atoms with van der Waals surface area (Å²) >= 11 is 0. The molecule has 0 spiro atoms. The lowest BCUT2D eigenvalue weighted by Crippen LogP contribution is -2.31. The van der Waals surface area contributed by atoms with Gasteiger partial charge in [0.15, 0.2) is 12.3 Å². The summed E-state index contributed by atoms with van der Waals surface area (Å²) in [6, 6.07) is 0. The molecule has 0 aromatic heterocycles. The van der Waals surface area contributed by atoms with E-state index in [4.69, 9.17) is 9.94 Å². The van der Waals surface area contributed by atoms with Crippen molar-refractivity contribution in [3.63, 3.8) is 0 Å². The van der Waals surface area contributed by atoms with Crippen molar-refractivity contribution in [2.75, 3.05) is 0 Å². The summed E-state index contributed by atoms with van der Waals surface area (Å²) in [7, 11) is 0. The summed E-state index contributed by atoms with van der Waals surface area (Å²) in [5.74, 6) is -0.591. The number of oxime groups is 1. The van der Waals surface area contributed by atoms with Crippen LogP contribution in [-0.2, 0) is 9.63 Å². The van der Waals surface area contributed by atoms with E-state index >= 15 is 0 Å². The van der Waals surface area contributed by atoms with E-state index in [0.717, 1.165) is 0 Å². The molecule has 0 unspecified atom stereocenters. The van der Waals surface area contributed by atoms with Crippen LogP contribution < -0.4 is 5.32 Å². The molecule has 2 aliphatic heterocycles. The number of nitrogens with zero attached hydrogens (tertiary/aromatic N) is 1. The third-order valence-corrected chi connectivity index (χ3v) is 1.98. The van der Waals surface area contributed by atoms with Gasteiger partial charge in [0.2, 0.25) is 5.91 Å². The van der Waals surface area contributed by atoms with Gasteiger partial charge in [-0.25, -0.2) is 0 Å². The Morgan fingerprint density at radius 2 is 2.45 bits per heavy atom. The summed E-state index contributed by atoms with van der Waals surface area (Å²) < 4.78 is 0. The molecule has 0 aliphatic carbocycles. The number of rotatable bonds is 0. The molecule has 5 heteroatoms. The summed E-state index contributed by atoms with van der Waals surface area (Å²) in [5.41, 5.74) is 0.629. The van der Waals surface area contributed by atoms with Gasteiger partial charge in [0.1, 0.15) is 5.92 Å². The molecule has 0 aromatic rings. The number of nitrogens with one attached hydrogen (secondary N) is 1. The van der Waals surface area contributed by atoms with Gasteiger partial charge in [0.25, 0.3) is 0 Å². The monoisotopic (exact) mass is 156 g/mol. The van der Waals surface area contributed by atoms with Crippen LogP contribution in [0.15, 0.2) is 5.16 Å². The lowest BCUT2D eigenvalue weighted by molar-refractivity contribution is -0.121. The van der Waals surface area contributed by atoms with Crippen LogP contribution in [-0.4, -0.2) is 29.1 Å². The standard InChI is InChI=1S/C6H8N2O3/c1-2-3-4(11-8-2)6(10)7-5(3)9/h3-4,6,10H,1H3,(H,7,9)/t3-,4+,6-/m0/s1. The average Bonchev–Trinajstić information content (AvgIpc) is 2.41. The van der Waals surface area contributed by atoms with Crippen LogP contribution in [0.3, 0.4) is 0 Å². The molecule has 1 amide bonds. The molecule has 2 rings (SSSR count). The first-order valence-corrected chi connectivity index (χ1v) is 3.39. The molecule has 5 nitrogen and oxygen atoms in total. The van der Waals surface area contributed by atoms with Crippen LogP contribution in [0, 0.1) is 5.92 Å². The topological polar surface area (TPSA) is 70.9 Å². The maximum atomic E-state index is 11.0. The zero-order chi connectivity index (χ0) is 8.01. The highest BCUT2D eigenvalue weighted by atomic mass is 16.7. The van der Waals surface area contributed by atoms with E-state index in [9.17, 15) is 4.79 Å². The minimum Gasteiger partial charge on any atom is -0.386 e. The Labute approximate surface area is 63.0 Å². The first-order valence-electron chi connectivity index (χ1n) is 3.39. The molecule has 2 aliphatic rings. The van der Waals surface area contributed by atoms with Crippen LogP contribution in [0.1, 0.15) is 6.92 Å². The van der Waals surface area contributed by atoms with Crippen molar-refractivity contribution in [2.45, 2.75) is 19.3 Å². The fourth-order valence-electron chi connectivity index (χ4n) is 1.40. The van der Waals surface area contributed by atoms with Crippen molar-refractivity contribution in [1.82, 2.24) is 5.32 Å². The van der Waals surface area contributed by atoms with E-state index in [2.05, 4.69) is 10.5 Å². The van der Waals surface area contributed by atoms with Gasteiger partial charge in [-0.15, -0.1) is 0 Å². The Hall–Kier alpha value is -1.10. The van der Waals surface area contributed by atoms with Crippen molar-refractivity contribution in [2.24, 2.45) is 11.1 Å². The third-order valence-electron chi connectivity index (χ3n) is 1.98. The van der Waals surface area contributed by atoms with Gasteiger partial charge in [-0.2, -0.15) is 0 Å². The maximum Gasteiger partial charge on any atom is 0.235 e. The van der Waals surface area contributed by atoms with Gasteiger partial charge in [-0.3, -0.25) is 4.79 Å². The van der Waals surface area contributed by atoms with Gasteiger partial charge in [-0.1, -0.05) is 5.16 Å². The third kappa shape index (κ3) is 0.742. The molecule has 0 bridgehead atoms. The molecule has 1 saturated heterocycles. The number of aliphatic hydroxyl groups excluding tert-OH is 1. The highest BCUT2D eigenvalue weighted by Crippen LogP contribution is 2.25. The van der Waals surface area contributed by atoms with E-state index in [-0.39, 0.29) is 11.8 Å². The molecule has 2 N–H and O–H groups in total. The largest absolute Gasteiger partial charge is 0.386 e. The summed E-state index contributed by atoms with van der Waals surface area (Å²) in [6.45, 7) is 1.71. The number of hydrogen-bond acceptors (Lipinski definition) is 4. The second-order valence-electron chi connectivity index (χ2n) is 2.73. The number of aliphatic hydroxyl groups is 1. The Morgan fingerprint density at radius 1 is 1.73 bits per heavy atom. The second kappa shape index (κ2) is 1.94. The fourth-order valence-corrected chi connectivity index (χ4v) is 1.40. The van der Waals surface area contributed by atoms with Crippen LogP contribution in [0.2, 0.25) is 0 Å². The SMILES string of the molecule is CC1=NO[C@@H]2[C@H]1C(=O)N[C@H]2O. The molecule has 2 heterocycles. The highest BCUT2D eigenvalue weighted by Gasteiger charge is 2.48. The average molecular weight is 156 g/mol. The Balaban J connectivity index is 2.28. The summed E-state index contributed by atoms with van der Waals surface area (Å²) in [4.78, 5) is 15.9. The Bertz CT molecular complexity index is 238. The fraction of sp³-hybridized carbons (Fsp3) is 0.667. The van der Waals surface area contributed by atoms with Gasteiger partial charge in [-0.05, 0) is 6.92 Å². The van der Waals surface area contributed by atoms with Crippen LogP contribution >= 0.6 is 0 Å². The van der Waals surface area contributed by atoms with Crippen molar-refractivity contribution in [1.29, 1.82) is 0 Å². The van der Waals surface area contributed by atoms with E-state index in [1.54, 1.807) is 6.92 Å². The molecule has 0 saturated carbocycles. The second-order valence-corrected chi connectivity index (χ2v) is 2.73. The molecule has 3 atom stereocenters. The Kier molecular flexibility index (Phi) is 1.17. The summed E-state index contributed by atoms with van der Waals surface area (Å²) in [5, 5.41) is 15.1. The quantitative estimate of drug-likeness (QED) is 0.464. The maximum absolute atomic E-state index is 11.0. The number of hydrogen-bond donors (Lipinski definition) is 2. The van der Waals surface area contributed by atoms with Crippen molar-refractivity contribution >= 4 is 11.6 Å². The smallest absolute Gasteiger partial charge is 0.235 e. The predicted molar refractivity (Wildman–Crippen MR) is 35.6 cm³/mol. The first kappa shape index (κ1) is 6.60. The van der Waals surface area contributed by atoms with E-state index in [1.165, 1.54) is 0 Å².